The Hall–Kier alpha value is -3.06. The molecule has 2 aromatic carbocycles. The predicted molar refractivity (Wildman–Crippen MR) is 183 cm³/mol. The molecule has 1 aromatic heterocycles. The molecular weight excluding hydrogens is 636 g/mol. The zero-order valence-corrected chi connectivity index (χ0v) is 28.8. The molecule has 1 saturated heterocycles. The van der Waals surface area contributed by atoms with Crippen LogP contribution in [0.25, 0.3) is 22.2 Å². The van der Waals surface area contributed by atoms with Crippen LogP contribution < -0.4 is 9.46 Å². The minimum atomic E-state index is -4.03. The Labute approximate surface area is 282 Å². The molecule has 4 aliphatic rings. The van der Waals surface area contributed by atoms with Gasteiger partial charge in [0.25, 0.3) is 11.8 Å². The van der Waals surface area contributed by atoms with Gasteiger partial charge in [-0.05, 0) is 69.0 Å². The zero-order chi connectivity index (χ0) is 33.6. The minimum absolute atomic E-state index is 0.132. The maximum atomic E-state index is 14.2. The summed E-state index contributed by atoms with van der Waals surface area (Å²) in [5, 5.41) is 1.07. The largest absolute Gasteiger partial charge is 0.492 e. The normalized spacial score (nSPS) is 24.7. The predicted octanol–water partition coefficient (Wildman–Crippen LogP) is 5.84. The molecule has 1 atom stereocenters. The highest BCUT2D eigenvalue weighted by atomic mass is 32.2. The Kier molecular flexibility index (Phi) is 9.29. The summed E-state index contributed by atoms with van der Waals surface area (Å²) in [5.74, 6) is -2.09. The van der Waals surface area contributed by atoms with Crippen LogP contribution in [0.2, 0.25) is 0 Å². The SMILES string of the molecule is CN1CCC[C@H]2COc3c(CN4CCC(F)(F)C4)cccc3-c3c(C4CCCCC4)c4ccc(cc4n3C2)C(=O)NS(=O)(=O)N(C)CC1. The van der Waals surface area contributed by atoms with Crippen LogP contribution in [0.4, 0.5) is 8.78 Å². The number of nitrogens with one attached hydrogen (secondary N) is 1. The van der Waals surface area contributed by atoms with E-state index in [0.717, 1.165) is 78.5 Å². The molecule has 1 N–H and O–H groups in total. The standard InChI is InChI=1S/C36H47F2N5O4S/c1-40-16-7-8-25-21-43-31-20-27(35(44)39-48(45,46)41(2)19-18-40)13-14-29(31)32(26-9-4-3-5-10-26)33(43)30-12-6-11-28(34(30)47-23-25)22-42-17-15-36(37,38)24-42/h6,11-14,20,25-26H,3-5,7-10,15-19,21-24H2,1-2H3,(H,39,44)/t25-/m1/s1. The fraction of sp³-hybridized carbons (Fsp3) is 0.583. The van der Waals surface area contributed by atoms with Crippen LogP contribution in [-0.4, -0.2) is 92.3 Å². The first-order valence-electron chi connectivity index (χ1n) is 17.5. The average Bonchev–Trinajstić information content (AvgIpc) is 3.56. The Morgan fingerprint density at radius 3 is 2.56 bits per heavy atom. The number of ether oxygens (including phenoxy) is 1. The molecule has 1 saturated carbocycles. The van der Waals surface area contributed by atoms with E-state index < -0.39 is 22.0 Å². The number of carbonyl (C=O) groups excluding carboxylic acids is 1. The van der Waals surface area contributed by atoms with Crippen molar-refractivity contribution < 1.29 is 26.7 Å². The lowest BCUT2D eigenvalue weighted by molar-refractivity contribution is 0.0114. The van der Waals surface area contributed by atoms with Gasteiger partial charge in [-0.15, -0.1) is 0 Å². The van der Waals surface area contributed by atoms with Crippen LogP contribution >= 0.6 is 0 Å². The van der Waals surface area contributed by atoms with Crippen LogP contribution in [-0.2, 0) is 23.3 Å². The van der Waals surface area contributed by atoms with Crippen molar-refractivity contribution in [2.24, 2.45) is 5.92 Å². The van der Waals surface area contributed by atoms with Crippen LogP contribution in [0.1, 0.15) is 78.8 Å². The van der Waals surface area contributed by atoms with Crippen molar-refractivity contribution in [1.82, 2.24) is 23.4 Å². The first kappa shape index (κ1) is 33.4. The number of aromatic nitrogens is 1. The van der Waals surface area contributed by atoms with E-state index in [0.29, 0.717) is 38.7 Å². The molecule has 12 heteroatoms. The average molecular weight is 684 g/mol. The van der Waals surface area contributed by atoms with Crippen molar-refractivity contribution in [3.05, 3.63) is 53.1 Å². The third-order valence-corrected chi connectivity index (χ3v) is 12.3. The summed E-state index contributed by atoms with van der Waals surface area (Å²) >= 11 is 0. The van der Waals surface area contributed by atoms with Gasteiger partial charge in [0.15, 0.2) is 0 Å². The van der Waals surface area contributed by atoms with Gasteiger partial charge < -0.3 is 14.2 Å². The first-order chi connectivity index (χ1) is 23.0. The van der Waals surface area contributed by atoms with E-state index in [9.17, 15) is 22.0 Å². The number of fused-ring (bicyclic) bond motifs is 4. The van der Waals surface area contributed by atoms with Crippen molar-refractivity contribution in [2.75, 3.05) is 53.4 Å². The molecule has 3 aliphatic heterocycles. The molecule has 260 valence electrons. The molecule has 9 nitrogen and oxygen atoms in total. The van der Waals surface area contributed by atoms with Crippen LogP contribution in [0.15, 0.2) is 36.4 Å². The van der Waals surface area contributed by atoms with Gasteiger partial charge in [0.2, 0.25) is 0 Å². The molecule has 4 bridgehead atoms. The third kappa shape index (κ3) is 6.73. The molecule has 0 unspecified atom stereocenters. The number of hydrogen-bond acceptors (Lipinski definition) is 6. The van der Waals surface area contributed by atoms with E-state index in [1.165, 1.54) is 23.3 Å². The summed E-state index contributed by atoms with van der Waals surface area (Å²) in [6.45, 7) is 3.23. The fourth-order valence-electron chi connectivity index (χ4n) is 8.19. The lowest BCUT2D eigenvalue weighted by atomic mass is 9.81. The smallest absolute Gasteiger partial charge is 0.303 e. The number of likely N-dealkylation sites (tertiary alicyclic amines) is 1. The maximum Gasteiger partial charge on any atom is 0.303 e. The van der Waals surface area contributed by atoms with E-state index in [-0.39, 0.29) is 31.0 Å². The van der Waals surface area contributed by atoms with E-state index in [1.54, 1.807) is 6.07 Å². The van der Waals surface area contributed by atoms with Crippen LogP contribution in [0.3, 0.4) is 0 Å². The van der Waals surface area contributed by atoms with E-state index in [4.69, 9.17) is 4.74 Å². The van der Waals surface area contributed by atoms with Gasteiger partial charge in [0, 0.05) is 79.7 Å². The van der Waals surface area contributed by atoms with E-state index >= 15 is 0 Å². The van der Waals surface area contributed by atoms with Crippen molar-refractivity contribution in [3.63, 3.8) is 0 Å². The number of benzene rings is 2. The summed E-state index contributed by atoms with van der Waals surface area (Å²) in [6, 6.07) is 11.7. The highest BCUT2D eigenvalue weighted by Crippen LogP contribution is 2.48. The monoisotopic (exact) mass is 683 g/mol. The summed E-state index contributed by atoms with van der Waals surface area (Å²) in [7, 11) is -0.559. The topological polar surface area (TPSA) is 87.1 Å². The second-order valence-electron chi connectivity index (χ2n) is 14.4. The number of likely N-dealkylation sites (N-methyl/N-ethyl adjacent to an activating group) is 2. The summed E-state index contributed by atoms with van der Waals surface area (Å²) in [4.78, 5) is 17.5. The van der Waals surface area contributed by atoms with Gasteiger partial charge in [-0.3, -0.25) is 9.69 Å². The summed E-state index contributed by atoms with van der Waals surface area (Å²) < 4.78 is 67.3. The number of nitrogens with zero attached hydrogens (tertiary/aromatic N) is 4. The third-order valence-electron chi connectivity index (χ3n) is 10.9. The number of para-hydroxylation sites is 1. The molecule has 2 fully saturated rings. The zero-order valence-electron chi connectivity index (χ0n) is 28.0. The lowest BCUT2D eigenvalue weighted by Crippen LogP contribution is -2.44. The van der Waals surface area contributed by atoms with E-state index in [1.807, 2.05) is 36.2 Å². The lowest BCUT2D eigenvalue weighted by Gasteiger charge is -2.30. The highest BCUT2D eigenvalue weighted by Gasteiger charge is 2.39. The number of alkyl halides is 2. The number of hydrogen-bond donors (Lipinski definition) is 1. The molecule has 1 aliphatic carbocycles. The van der Waals surface area contributed by atoms with Gasteiger partial charge in [0.05, 0.1) is 18.8 Å². The molecule has 7 rings (SSSR count). The molecular formula is C36H47F2N5O4S. The Bertz CT molecular complexity index is 1790. The first-order valence-corrected chi connectivity index (χ1v) is 18.9. The molecule has 0 radical (unpaired) electrons. The van der Waals surface area contributed by atoms with Gasteiger partial charge in [-0.2, -0.15) is 12.7 Å². The number of amides is 1. The fourth-order valence-corrected chi connectivity index (χ4v) is 9.02. The second-order valence-corrected chi connectivity index (χ2v) is 16.2. The Morgan fingerprint density at radius 2 is 1.79 bits per heavy atom. The molecule has 3 aromatic rings. The van der Waals surface area contributed by atoms with Crippen molar-refractivity contribution in [3.8, 4) is 17.0 Å². The van der Waals surface area contributed by atoms with Crippen molar-refractivity contribution in [2.45, 2.75) is 76.3 Å². The van der Waals surface area contributed by atoms with Crippen molar-refractivity contribution >= 4 is 27.0 Å². The molecule has 4 heterocycles. The number of carbonyl (C=O) groups is 1. The van der Waals surface area contributed by atoms with E-state index in [2.05, 4.69) is 20.3 Å². The highest BCUT2D eigenvalue weighted by molar-refractivity contribution is 7.87. The molecule has 0 spiro atoms. The summed E-state index contributed by atoms with van der Waals surface area (Å²) in [6.07, 6.45) is 7.29. The maximum absolute atomic E-state index is 14.2. The van der Waals surface area contributed by atoms with Crippen molar-refractivity contribution in [1.29, 1.82) is 0 Å². The second kappa shape index (κ2) is 13.3. The molecule has 48 heavy (non-hydrogen) atoms. The van der Waals surface area contributed by atoms with Gasteiger partial charge in [-0.1, -0.05) is 37.5 Å². The van der Waals surface area contributed by atoms with Crippen LogP contribution in [0, 0.1) is 5.92 Å². The summed E-state index contributed by atoms with van der Waals surface area (Å²) in [5.41, 5.74) is 5.39. The number of halogens is 2. The molecule has 1 amide bonds. The van der Waals surface area contributed by atoms with Gasteiger partial charge in [0.1, 0.15) is 5.75 Å². The quantitative estimate of drug-likeness (QED) is 0.374. The van der Waals surface area contributed by atoms with Gasteiger partial charge in [-0.25, -0.2) is 13.5 Å². The van der Waals surface area contributed by atoms with Crippen LogP contribution in [0.5, 0.6) is 5.75 Å². The number of rotatable bonds is 3. The Balaban J connectivity index is 1.41. The Morgan fingerprint density at radius 1 is 0.979 bits per heavy atom. The minimum Gasteiger partial charge on any atom is -0.492 e. The van der Waals surface area contributed by atoms with Gasteiger partial charge >= 0.3 is 10.2 Å².